The molecule has 0 amide bonds. The van der Waals surface area contributed by atoms with E-state index < -0.39 is 6.10 Å². The van der Waals surface area contributed by atoms with E-state index in [9.17, 15) is 5.11 Å². The lowest BCUT2D eigenvalue weighted by molar-refractivity contribution is 0.122. The van der Waals surface area contributed by atoms with Gasteiger partial charge >= 0.3 is 0 Å². The van der Waals surface area contributed by atoms with E-state index in [1.165, 1.54) is 6.33 Å². The quantitative estimate of drug-likeness (QED) is 0.803. The number of rotatable bonds is 3. The molecule has 1 atom stereocenters. The van der Waals surface area contributed by atoms with Crippen LogP contribution in [-0.2, 0) is 4.74 Å². The molecule has 0 aliphatic carbocycles. The molecule has 24 heavy (non-hydrogen) atoms. The summed E-state index contributed by atoms with van der Waals surface area (Å²) in [6, 6.07) is 15.7. The van der Waals surface area contributed by atoms with Crippen molar-refractivity contribution in [3.63, 3.8) is 0 Å². The SMILES string of the molecule is OC(c1ccccc1)c1ncnc2cc(N3CCOCC3)ccc12. The topological polar surface area (TPSA) is 58.5 Å². The molecule has 1 unspecified atom stereocenters. The van der Waals surface area contributed by atoms with Crippen molar-refractivity contribution in [1.82, 2.24) is 9.97 Å². The lowest BCUT2D eigenvalue weighted by Crippen LogP contribution is -2.36. The molecular formula is C19H19N3O2. The van der Waals surface area contributed by atoms with Crippen molar-refractivity contribution in [1.29, 1.82) is 0 Å². The summed E-state index contributed by atoms with van der Waals surface area (Å²) in [6.45, 7) is 3.27. The Kier molecular flexibility index (Phi) is 4.11. The standard InChI is InChI=1S/C19H19N3O2/c23-19(14-4-2-1-3-5-14)18-16-7-6-15(12-17(16)20-13-21-18)22-8-10-24-11-9-22/h1-7,12-13,19,23H,8-11H2. The molecule has 3 aromatic rings. The normalized spacial score (nSPS) is 16.3. The van der Waals surface area contributed by atoms with E-state index in [1.807, 2.05) is 36.4 Å². The fourth-order valence-electron chi connectivity index (χ4n) is 3.10. The van der Waals surface area contributed by atoms with E-state index in [4.69, 9.17) is 4.74 Å². The van der Waals surface area contributed by atoms with Crippen LogP contribution >= 0.6 is 0 Å². The first kappa shape index (κ1) is 15.1. The molecule has 1 saturated heterocycles. The highest BCUT2D eigenvalue weighted by Crippen LogP contribution is 2.28. The number of nitrogens with zero attached hydrogens (tertiary/aromatic N) is 3. The summed E-state index contributed by atoms with van der Waals surface area (Å²) < 4.78 is 5.41. The van der Waals surface area contributed by atoms with Gasteiger partial charge in [-0.15, -0.1) is 0 Å². The van der Waals surface area contributed by atoms with Crippen LogP contribution < -0.4 is 4.90 Å². The highest BCUT2D eigenvalue weighted by atomic mass is 16.5. The monoisotopic (exact) mass is 321 g/mol. The highest BCUT2D eigenvalue weighted by molar-refractivity contribution is 5.84. The Morgan fingerprint density at radius 2 is 1.79 bits per heavy atom. The number of hydrogen-bond acceptors (Lipinski definition) is 5. The zero-order valence-corrected chi connectivity index (χ0v) is 13.3. The molecule has 5 heteroatoms. The zero-order chi connectivity index (χ0) is 16.4. The maximum Gasteiger partial charge on any atom is 0.122 e. The first-order valence-electron chi connectivity index (χ1n) is 8.13. The van der Waals surface area contributed by atoms with Crippen LogP contribution in [0.4, 0.5) is 5.69 Å². The van der Waals surface area contributed by atoms with Gasteiger partial charge in [0.05, 0.1) is 24.4 Å². The summed E-state index contributed by atoms with van der Waals surface area (Å²) in [5, 5.41) is 11.6. The van der Waals surface area contributed by atoms with Gasteiger partial charge in [0.25, 0.3) is 0 Å². The minimum absolute atomic E-state index is 0.639. The second kappa shape index (κ2) is 6.55. The van der Waals surface area contributed by atoms with Crippen molar-refractivity contribution >= 4 is 16.6 Å². The summed E-state index contributed by atoms with van der Waals surface area (Å²) in [5.74, 6) is 0. The second-order valence-electron chi connectivity index (χ2n) is 5.87. The largest absolute Gasteiger partial charge is 0.382 e. The highest BCUT2D eigenvalue weighted by Gasteiger charge is 2.17. The van der Waals surface area contributed by atoms with Crippen LogP contribution in [0, 0.1) is 0 Å². The summed E-state index contributed by atoms with van der Waals surface area (Å²) in [4.78, 5) is 11.0. The van der Waals surface area contributed by atoms with Gasteiger partial charge in [0.2, 0.25) is 0 Å². The zero-order valence-electron chi connectivity index (χ0n) is 13.3. The van der Waals surface area contributed by atoms with Crippen molar-refractivity contribution in [2.45, 2.75) is 6.10 Å². The Bertz CT molecular complexity index is 832. The Labute approximate surface area is 140 Å². The minimum atomic E-state index is -0.758. The third kappa shape index (κ3) is 2.84. The molecule has 1 aliphatic rings. The van der Waals surface area contributed by atoms with Gasteiger partial charge in [-0.25, -0.2) is 9.97 Å². The molecule has 1 N–H and O–H groups in total. The summed E-state index contributed by atoms with van der Waals surface area (Å²) in [6.07, 6.45) is 0.762. The van der Waals surface area contributed by atoms with Gasteiger partial charge in [-0.1, -0.05) is 30.3 Å². The van der Waals surface area contributed by atoms with Crippen LogP contribution in [0.3, 0.4) is 0 Å². The Morgan fingerprint density at radius 3 is 2.58 bits per heavy atom. The smallest absolute Gasteiger partial charge is 0.122 e. The van der Waals surface area contributed by atoms with Crippen molar-refractivity contribution in [3.05, 3.63) is 66.1 Å². The summed E-state index contributed by atoms with van der Waals surface area (Å²) in [7, 11) is 0. The number of anilines is 1. The van der Waals surface area contributed by atoms with E-state index in [1.54, 1.807) is 0 Å². The Morgan fingerprint density at radius 1 is 1.00 bits per heavy atom. The van der Waals surface area contributed by atoms with E-state index in [0.717, 1.165) is 48.5 Å². The van der Waals surface area contributed by atoms with Gasteiger partial charge in [-0.3, -0.25) is 0 Å². The van der Waals surface area contributed by atoms with Crippen LogP contribution in [0.15, 0.2) is 54.9 Å². The van der Waals surface area contributed by atoms with Crippen LogP contribution in [0.1, 0.15) is 17.4 Å². The number of ether oxygens (including phenoxy) is 1. The molecule has 122 valence electrons. The molecule has 5 nitrogen and oxygen atoms in total. The lowest BCUT2D eigenvalue weighted by Gasteiger charge is -2.29. The number of hydrogen-bond donors (Lipinski definition) is 1. The predicted molar refractivity (Wildman–Crippen MR) is 93.1 cm³/mol. The van der Waals surface area contributed by atoms with Crippen LogP contribution in [-0.4, -0.2) is 41.4 Å². The Balaban J connectivity index is 1.72. The average molecular weight is 321 g/mol. The minimum Gasteiger partial charge on any atom is -0.382 e. The third-order valence-electron chi connectivity index (χ3n) is 4.40. The molecule has 2 aromatic carbocycles. The molecule has 1 aliphatic heterocycles. The molecular weight excluding hydrogens is 302 g/mol. The van der Waals surface area contributed by atoms with Crippen LogP contribution in [0.2, 0.25) is 0 Å². The van der Waals surface area contributed by atoms with Crippen molar-refractivity contribution in [2.24, 2.45) is 0 Å². The first-order chi connectivity index (χ1) is 11.8. The number of aliphatic hydroxyl groups is 1. The molecule has 0 saturated carbocycles. The maximum absolute atomic E-state index is 10.7. The predicted octanol–water partition coefficient (Wildman–Crippen LogP) is 2.55. The Hall–Kier alpha value is -2.50. The molecule has 0 spiro atoms. The van der Waals surface area contributed by atoms with Crippen molar-refractivity contribution in [2.75, 3.05) is 31.2 Å². The maximum atomic E-state index is 10.7. The fraction of sp³-hybridized carbons (Fsp3) is 0.263. The van der Waals surface area contributed by atoms with Gasteiger partial charge in [0, 0.05) is 24.2 Å². The van der Waals surface area contributed by atoms with E-state index in [2.05, 4.69) is 27.0 Å². The fourth-order valence-corrected chi connectivity index (χ4v) is 3.10. The number of aliphatic hydroxyl groups excluding tert-OH is 1. The molecule has 4 rings (SSSR count). The number of aromatic nitrogens is 2. The number of morpholine rings is 1. The van der Waals surface area contributed by atoms with E-state index in [0.29, 0.717) is 5.69 Å². The van der Waals surface area contributed by atoms with Gasteiger partial charge in [0.15, 0.2) is 0 Å². The average Bonchev–Trinajstić information content (AvgIpc) is 2.68. The molecule has 1 aromatic heterocycles. The van der Waals surface area contributed by atoms with Gasteiger partial charge < -0.3 is 14.7 Å². The third-order valence-corrected chi connectivity index (χ3v) is 4.40. The summed E-state index contributed by atoms with van der Waals surface area (Å²) >= 11 is 0. The molecule has 1 fully saturated rings. The second-order valence-corrected chi connectivity index (χ2v) is 5.87. The molecule has 2 heterocycles. The van der Waals surface area contributed by atoms with E-state index in [-0.39, 0.29) is 0 Å². The van der Waals surface area contributed by atoms with Gasteiger partial charge in [-0.2, -0.15) is 0 Å². The molecule has 0 radical (unpaired) electrons. The van der Waals surface area contributed by atoms with Crippen molar-refractivity contribution in [3.8, 4) is 0 Å². The van der Waals surface area contributed by atoms with E-state index >= 15 is 0 Å². The lowest BCUT2D eigenvalue weighted by atomic mass is 10.0. The number of benzene rings is 2. The molecule has 0 bridgehead atoms. The van der Waals surface area contributed by atoms with Crippen molar-refractivity contribution < 1.29 is 9.84 Å². The first-order valence-corrected chi connectivity index (χ1v) is 8.13. The number of fused-ring (bicyclic) bond motifs is 1. The summed E-state index contributed by atoms with van der Waals surface area (Å²) in [5.41, 5.74) is 3.44. The van der Waals surface area contributed by atoms with Gasteiger partial charge in [-0.05, 0) is 23.8 Å². The van der Waals surface area contributed by atoms with Gasteiger partial charge in [0.1, 0.15) is 12.4 Å². The van der Waals surface area contributed by atoms with Crippen LogP contribution in [0.5, 0.6) is 0 Å². The van der Waals surface area contributed by atoms with Crippen LogP contribution in [0.25, 0.3) is 10.9 Å².